The molecule has 0 atom stereocenters. The van der Waals surface area contributed by atoms with Crippen molar-refractivity contribution in [2.75, 3.05) is 14.2 Å². The molecule has 0 bridgehead atoms. The van der Waals surface area contributed by atoms with Gasteiger partial charge in [-0.25, -0.2) is 4.79 Å². The quantitative estimate of drug-likeness (QED) is 0.857. The fourth-order valence-electron chi connectivity index (χ4n) is 1.24. The number of aromatic carboxylic acids is 1. The summed E-state index contributed by atoms with van der Waals surface area (Å²) in [4.78, 5) is 10.8. The van der Waals surface area contributed by atoms with Gasteiger partial charge in [-0.3, -0.25) is 0 Å². The van der Waals surface area contributed by atoms with Gasteiger partial charge in [0.25, 0.3) is 0 Å². The number of carboxylic acids is 1. The fourth-order valence-corrected chi connectivity index (χ4v) is 1.75. The predicted octanol–water partition coefficient (Wildman–Crippen LogP) is 2.44. The Hall–Kier alpha value is -0.910. The average molecular weight is 275 g/mol. The zero-order valence-corrected chi connectivity index (χ0v) is 9.95. The summed E-state index contributed by atoms with van der Waals surface area (Å²) in [5.74, 6) is -0.983. The number of hydrogen-bond donors (Lipinski definition) is 1. The summed E-state index contributed by atoms with van der Waals surface area (Å²) in [5, 5.41) is 8.86. The summed E-state index contributed by atoms with van der Waals surface area (Å²) in [6, 6.07) is 4.79. The van der Waals surface area contributed by atoms with Crippen molar-refractivity contribution >= 4 is 21.9 Å². The summed E-state index contributed by atoms with van der Waals surface area (Å²) < 4.78 is 10.8. The van der Waals surface area contributed by atoms with Crippen LogP contribution in [0.3, 0.4) is 0 Å². The van der Waals surface area contributed by atoms with Crippen LogP contribution in [-0.4, -0.2) is 25.3 Å². The Bertz CT molecular complexity index is 360. The van der Waals surface area contributed by atoms with Crippen LogP contribution in [0.5, 0.6) is 0 Å². The molecule has 0 saturated carbocycles. The molecule has 5 heteroatoms. The van der Waals surface area contributed by atoms with Gasteiger partial charge in [0, 0.05) is 24.3 Å². The largest absolute Gasteiger partial charge is 0.478 e. The van der Waals surface area contributed by atoms with E-state index in [9.17, 15) is 4.79 Å². The van der Waals surface area contributed by atoms with Crippen molar-refractivity contribution in [3.8, 4) is 0 Å². The van der Waals surface area contributed by atoms with Gasteiger partial charge in [0.1, 0.15) is 0 Å². The Morgan fingerprint density at radius 3 is 2.40 bits per heavy atom. The molecular formula is C10H11BrO4. The number of carbonyl (C=O) groups is 1. The van der Waals surface area contributed by atoms with Crippen LogP contribution >= 0.6 is 15.9 Å². The number of rotatable bonds is 4. The molecule has 15 heavy (non-hydrogen) atoms. The zero-order chi connectivity index (χ0) is 11.4. The van der Waals surface area contributed by atoms with Crippen LogP contribution in [0, 0.1) is 0 Å². The Morgan fingerprint density at radius 1 is 1.33 bits per heavy atom. The maximum Gasteiger partial charge on any atom is 0.335 e. The van der Waals surface area contributed by atoms with E-state index >= 15 is 0 Å². The van der Waals surface area contributed by atoms with Crippen LogP contribution in [0.2, 0.25) is 0 Å². The Balaban J connectivity index is 3.13. The highest BCUT2D eigenvalue weighted by Crippen LogP contribution is 2.23. The molecule has 0 amide bonds. The predicted molar refractivity (Wildman–Crippen MR) is 57.9 cm³/mol. The van der Waals surface area contributed by atoms with Gasteiger partial charge in [0.2, 0.25) is 0 Å². The lowest BCUT2D eigenvalue weighted by atomic mass is 10.1. The molecule has 0 fully saturated rings. The monoisotopic (exact) mass is 274 g/mol. The van der Waals surface area contributed by atoms with E-state index in [0.29, 0.717) is 10.0 Å². The highest BCUT2D eigenvalue weighted by atomic mass is 79.9. The summed E-state index contributed by atoms with van der Waals surface area (Å²) in [6.07, 6.45) is -0.555. The van der Waals surface area contributed by atoms with Gasteiger partial charge < -0.3 is 14.6 Å². The number of hydrogen-bond acceptors (Lipinski definition) is 3. The van der Waals surface area contributed by atoms with E-state index in [1.54, 1.807) is 6.07 Å². The summed E-state index contributed by atoms with van der Waals surface area (Å²) in [5.41, 5.74) is 0.852. The fraction of sp³-hybridized carbons (Fsp3) is 0.300. The molecule has 0 heterocycles. The van der Waals surface area contributed by atoms with Gasteiger partial charge in [-0.1, -0.05) is 15.9 Å². The van der Waals surface area contributed by atoms with Crippen molar-refractivity contribution in [1.29, 1.82) is 0 Å². The van der Waals surface area contributed by atoms with Gasteiger partial charge in [0.15, 0.2) is 6.29 Å². The normalized spacial score (nSPS) is 10.7. The summed E-state index contributed by atoms with van der Waals surface area (Å²) in [6.45, 7) is 0. The lowest BCUT2D eigenvalue weighted by molar-refractivity contribution is -0.106. The van der Waals surface area contributed by atoms with E-state index in [-0.39, 0.29) is 5.56 Å². The topological polar surface area (TPSA) is 55.8 Å². The van der Waals surface area contributed by atoms with Crippen LogP contribution in [0.4, 0.5) is 0 Å². The maximum absolute atomic E-state index is 10.8. The number of carboxylic acid groups (broad SMARTS) is 1. The average Bonchev–Trinajstić information content (AvgIpc) is 2.18. The second kappa shape index (κ2) is 5.25. The van der Waals surface area contributed by atoms with Crippen molar-refractivity contribution in [2.45, 2.75) is 6.29 Å². The number of halogens is 1. The standard InChI is InChI=1S/C10H11BrO4/c1-14-10(15-2)7-3-6(9(12)13)4-8(11)5-7/h3-5,10H,1-2H3,(H,12,13). The van der Waals surface area contributed by atoms with E-state index in [4.69, 9.17) is 14.6 Å². The third-order valence-electron chi connectivity index (χ3n) is 1.87. The van der Waals surface area contributed by atoms with Gasteiger partial charge in [-0.05, 0) is 18.2 Å². The van der Waals surface area contributed by atoms with E-state index in [1.807, 2.05) is 0 Å². The molecule has 1 aromatic carbocycles. The van der Waals surface area contributed by atoms with Crippen molar-refractivity contribution in [2.24, 2.45) is 0 Å². The minimum absolute atomic E-state index is 0.193. The Labute approximate surface area is 95.9 Å². The van der Waals surface area contributed by atoms with E-state index in [2.05, 4.69) is 15.9 Å². The molecule has 1 N–H and O–H groups in total. The molecule has 1 aromatic rings. The van der Waals surface area contributed by atoms with Gasteiger partial charge >= 0.3 is 5.97 Å². The van der Waals surface area contributed by atoms with Crippen LogP contribution in [0.25, 0.3) is 0 Å². The minimum atomic E-state index is -0.983. The first-order valence-corrected chi connectivity index (χ1v) is 4.97. The van der Waals surface area contributed by atoms with Gasteiger partial charge in [-0.15, -0.1) is 0 Å². The smallest absolute Gasteiger partial charge is 0.335 e. The second-order valence-corrected chi connectivity index (χ2v) is 3.80. The first-order valence-electron chi connectivity index (χ1n) is 4.18. The highest BCUT2D eigenvalue weighted by molar-refractivity contribution is 9.10. The summed E-state index contributed by atoms with van der Waals surface area (Å²) in [7, 11) is 2.99. The molecule has 4 nitrogen and oxygen atoms in total. The van der Waals surface area contributed by atoms with E-state index in [1.165, 1.54) is 26.4 Å². The lowest BCUT2D eigenvalue weighted by Crippen LogP contribution is -2.06. The highest BCUT2D eigenvalue weighted by Gasteiger charge is 2.13. The van der Waals surface area contributed by atoms with Crippen molar-refractivity contribution in [1.82, 2.24) is 0 Å². The van der Waals surface area contributed by atoms with Crippen molar-refractivity contribution in [3.05, 3.63) is 33.8 Å². The number of ether oxygens (including phenoxy) is 2. The molecule has 1 rings (SSSR count). The Kier molecular flexibility index (Phi) is 4.26. The third kappa shape index (κ3) is 3.02. The molecule has 0 aliphatic carbocycles. The van der Waals surface area contributed by atoms with Crippen molar-refractivity contribution in [3.63, 3.8) is 0 Å². The molecular weight excluding hydrogens is 264 g/mol. The zero-order valence-electron chi connectivity index (χ0n) is 8.36. The molecule has 0 spiro atoms. The minimum Gasteiger partial charge on any atom is -0.478 e. The number of benzene rings is 1. The van der Waals surface area contributed by atoms with Crippen LogP contribution in [0.15, 0.2) is 22.7 Å². The van der Waals surface area contributed by atoms with Crippen LogP contribution in [0.1, 0.15) is 22.2 Å². The molecule has 0 aromatic heterocycles. The number of methoxy groups -OCH3 is 2. The van der Waals surface area contributed by atoms with E-state index < -0.39 is 12.3 Å². The van der Waals surface area contributed by atoms with Gasteiger partial charge in [-0.2, -0.15) is 0 Å². The Morgan fingerprint density at radius 2 is 1.93 bits per heavy atom. The molecule has 0 aliphatic heterocycles. The first-order chi connectivity index (χ1) is 7.08. The van der Waals surface area contributed by atoms with Crippen LogP contribution in [-0.2, 0) is 9.47 Å². The molecule has 0 unspecified atom stereocenters. The SMILES string of the molecule is COC(OC)c1cc(Br)cc(C(=O)O)c1. The van der Waals surface area contributed by atoms with Crippen LogP contribution < -0.4 is 0 Å². The van der Waals surface area contributed by atoms with E-state index in [0.717, 1.165) is 0 Å². The second-order valence-electron chi connectivity index (χ2n) is 2.88. The molecule has 0 radical (unpaired) electrons. The maximum atomic E-state index is 10.8. The molecule has 82 valence electrons. The van der Waals surface area contributed by atoms with Crippen molar-refractivity contribution < 1.29 is 19.4 Å². The molecule has 0 aliphatic rings. The molecule has 0 saturated heterocycles. The first kappa shape index (κ1) is 12.2. The lowest BCUT2D eigenvalue weighted by Gasteiger charge is -2.14. The third-order valence-corrected chi connectivity index (χ3v) is 2.33. The summed E-state index contributed by atoms with van der Waals surface area (Å²) >= 11 is 3.23. The van der Waals surface area contributed by atoms with Gasteiger partial charge in [0.05, 0.1) is 5.56 Å².